The average Bonchev–Trinajstić information content (AvgIpc) is 2.55. The zero-order valence-electron chi connectivity index (χ0n) is 6.83. The van der Waals surface area contributed by atoms with E-state index in [-0.39, 0.29) is 6.54 Å². The number of rotatable bonds is 4. The maximum absolute atomic E-state index is 13.1. The summed E-state index contributed by atoms with van der Waals surface area (Å²) in [5.74, 6) is 0. The Balaban J connectivity index is 2.53. The van der Waals surface area contributed by atoms with Crippen LogP contribution in [0.15, 0.2) is 17.5 Å². The largest absolute Gasteiger partial charge is 0.384 e. The van der Waals surface area contributed by atoms with Crippen molar-refractivity contribution in [2.24, 2.45) is 0 Å². The molecule has 0 amide bonds. The van der Waals surface area contributed by atoms with E-state index in [0.717, 1.165) is 0 Å². The molecular formula is C8H12FNOS. The number of halogens is 1. The van der Waals surface area contributed by atoms with Crippen LogP contribution in [-0.2, 0) is 0 Å². The smallest absolute Gasteiger partial charge is 0.143 e. The van der Waals surface area contributed by atoms with Crippen molar-refractivity contribution in [1.82, 2.24) is 5.32 Å². The van der Waals surface area contributed by atoms with E-state index in [1.165, 1.54) is 11.3 Å². The Hall–Kier alpha value is -0.450. The second-order valence-electron chi connectivity index (χ2n) is 2.53. The molecule has 2 unspecified atom stereocenters. The van der Waals surface area contributed by atoms with Crippen molar-refractivity contribution in [1.29, 1.82) is 0 Å². The number of aliphatic hydroxyl groups excluding tert-OH is 1. The summed E-state index contributed by atoms with van der Waals surface area (Å²) in [6.45, 7) is 0.180. The van der Waals surface area contributed by atoms with E-state index < -0.39 is 12.3 Å². The predicted molar refractivity (Wildman–Crippen MR) is 48.1 cm³/mol. The molecule has 0 saturated carbocycles. The fraction of sp³-hybridized carbons (Fsp3) is 0.500. The molecule has 0 aliphatic carbocycles. The van der Waals surface area contributed by atoms with Crippen molar-refractivity contribution >= 4 is 11.3 Å². The fourth-order valence-corrected chi connectivity index (χ4v) is 1.70. The molecule has 1 rings (SSSR count). The molecule has 2 atom stereocenters. The second-order valence-corrected chi connectivity index (χ2v) is 3.51. The third-order valence-electron chi connectivity index (χ3n) is 1.58. The Bertz CT molecular complexity index is 215. The molecule has 4 heteroatoms. The van der Waals surface area contributed by atoms with Crippen molar-refractivity contribution < 1.29 is 9.50 Å². The van der Waals surface area contributed by atoms with E-state index in [1.54, 1.807) is 19.2 Å². The van der Waals surface area contributed by atoms with Crippen LogP contribution in [0.5, 0.6) is 0 Å². The average molecular weight is 189 g/mol. The van der Waals surface area contributed by atoms with Gasteiger partial charge in [-0.05, 0) is 18.5 Å². The number of hydrogen-bond acceptors (Lipinski definition) is 3. The van der Waals surface area contributed by atoms with E-state index in [0.29, 0.717) is 4.88 Å². The molecule has 0 aliphatic heterocycles. The number of thiophene rings is 1. The Morgan fingerprint density at radius 3 is 3.00 bits per heavy atom. The van der Waals surface area contributed by atoms with Crippen LogP contribution in [0.25, 0.3) is 0 Å². The Kier molecular flexibility index (Phi) is 3.65. The van der Waals surface area contributed by atoms with E-state index in [1.807, 2.05) is 5.38 Å². The van der Waals surface area contributed by atoms with E-state index in [2.05, 4.69) is 5.32 Å². The van der Waals surface area contributed by atoms with Crippen LogP contribution in [-0.4, -0.2) is 24.9 Å². The maximum Gasteiger partial charge on any atom is 0.143 e. The van der Waals surface area contributed by atoms with Gasteiger partial charge in [0.25, 0.3) is 0 Å². The zero-order chi connectivity index (χ0) is 8.97. The molecule has 12 heavy (non-hydrogen) atoms. The van der Waals surface area contributed by atoms with Gasteiger partial charge in [0.2, 0.25) is 0 Å². The lowest BCUT2D eigenvalue weighted by molar-refractivity contribution is 0.0813. The van der Waals surface area contributed by atoms with Crippen LogP contribution in [0, 0.1) is 0 Å². The third-order valence-corrected chi connectivity index (χ3v) is 2.52. The third kappa shape index (κ3) is 2.27. The van der Waals surface area contributed by atoms with Gasteiger partial charge < -0.3 is 10.4 Å². The van der Waals surface area contributed by atoms with Gasteiger partial charge in [0.05, 0.1) is 0 Å². The quantitative estimate of drug-likeness (QED) is 0.749. The predicted octanol–water partition coefficient (Wildman–Crippen LogP) is 1.34. The molecule has 2 nitrogen and oxygen atoms in total. The van der Waals surface area contributed by atoms with Gasteiger partial charge in [0, 0.05) is 11.4 Å². The number of hydrogen-bond donors (Lipinski definition) is 2. The lowest BCUT2D eigenvalue weighted by Gasteiger charge is -2.13. The molecule has 1 aromatic rings. The van der Waals surface area contributed by atoms with Crippen LogP contribution in [0.1, 0.15) is 11.0 Å². The molecular weight excluding hydrogens is 177 g/mol. The number of nitrogens with one attached hydrogen (secondary N) is 1. The summed E-state index contributed by atoms with van der Waals surface area (Å²) in [5.41, 5.74) is 0. The van der Waals surface area contributed by atoms with E-state index >= 15 is 0 Å². The summed E-state index contributed by atoms with van der Waals surface area (Å²) in [6, 6.07) is 3.53. The summed E-state index contributed by atoms with van der Waals surface area (Å²) < 4.78 is 13.1. The van der Waals surface area contributed by atoms with Crippen LogP contribution in [0.2, 0.25) is 0 Å². The molecule has 0 aromatic carbocycles. The fourth-order valence-electron chi connectivity index (χ4n) is 0.944. The summed E-state index contributed by atoms with van der Waals surface area (Å²) in [4.78, 5) is 0.678. The van der Waals surface area contributed by atoms with E-state index in [4.69, 9.17) is 0 Å². The minimum absolute atomic E-state index is 0.180. The highest BCUT2D eigenvalue weighted by Gasteiger charge is 2.19. The van der Waals surface area contributed by atoms with Gasteiger partial charge in [-0.2, -0.15) is 0 Å². The maximum atomic E-state index is 13.1. The van der Waals surface area contributed by atoms with Gasteiger partial charge >= 0.3 is 0 Å². The zero-order valence-corrected chi connectivity index (χ0v) is 7.64. The van der Waals surface area contributed by atoms with Crippen molar-refractivity contribution in [3.8, 4) is 0 Å². The SMILES string of the molecule is CNCC(F)C(O)c1cccs1. The first kappa shape index (κ1) is 9.64. The lowest BCUT2D eigenvalue weighted by atomic mass is 10.2. The van der Waals surface area contributed by atoms with Crippen molar-refractivity contribution in [2.75, 3.05) is 13.6 Å². The number of alkyl halides is 1. The highest BCUT2D eigenvalue weighted by molar-refractivity contribution is 7.10. The normalized spacial score (nSPS) is 15.9. The van der Waals surface area contributed by atoms with Crippen molar-refractivity contribution in [2.45, 2.75) is 12.3 Å². The molecule has 0 fully saturated rings. The summed E-state index contributed by atoms with van der Waals surface area (Å²) in [6.07, 6.45) is -2.22. The molecule has 0 spiro atoms. The molecule has 2 N–H and O–H groups in total. The topological polar surface area (TPSA) is 32.3 Å². The molecule has 0 radical (unpaired) electrons. The molecule has 0 bridgehead atoms. The monoisotopic (exact) mass is 189 g/mol. The number of aliphatic hydroxyl groups is 1. The molecule has 0 aliphatic rings. The highest BCUT2D eigenvalue weighted by Crippen LogP contribution is 2.23. The van der Waals surface area contributed by atoms with Crippen LogP contribution in [0.3, 0.4) is 0 Å². The van der Waals surface area contributed by atoms with Crippen LogP contribution >= 0.6 is 11.3 Å². The molecule has 1 aromatic heterocycles. The van der Waals surface area contributed by atoms with Crippen LogP contribution in [0.4, 0.5) is 4.39 Å². The first-order valence-corrected chi connectivity index (χ1v) is 4.64. The summed E-state index contributed by atoms with van der Waals surface area (Å²) in [5, 5.41) is 13.9. The highest BCUT2D eigenvalue weighted by atomic mass is 32.1. The van der Waals surface area contributed by atoms with Gasteiger partial charge in [-0.3, -0.25) is 0 Å². The standard InChI is InChI=1S/C8H12FNOS/c1-10-5-6(9)8(11)7-3-2-4-12-7/h2-4,6,8,10-11H,5H2,1H3. The Morgan fingerprint density at radius 2 is 2.50 bits per heavy atom. The van der Waals surface area contributed by atoms with Gasteiger partial charge in [-0.25, -0.2) is 4.39 Å². The lowest BCUT2D eigenvalue weighted by Crippen LogP contribution is -2.25. The molecule has 1 heterocycles. The van der Waals surface area contributed by atoms with Crippen molar-refractivity contribution in [3.63, 3.8) is 0 Å². The first-order valence-electron chi connectivity index (χ1n) is 3.76. The Labute approximate surface area is 75.0 Å². The van der Waals surface area contributed by atoms with Gasteiger partial charge in [0.15, 0.2) is 0 Å². The summed E-state index contributed by atoms with van der Waals surface area (Å²) >= 11 is 1.37. The second kappa shape index (κ2) is 4.54. The summed E-state index contributed by atoms with van der Waals surface area (Å²) in [7, 11) is 1.66. The molecule has 68 valence electrons. The Morgan fingerprint density at radius 1 is 1.75 bits per heavy atom. The van der Waals surface area contributed by atoms with Gasteiger partial charge in [-0.15, -0.1) is 11.3 Å². The molecule has 0 saturated heterocycles. The van der Waals surface area contributed by atoms with Crippen LogP contribution < -0.4 is 5.32 Å². The van der Waals surface area contributed by atoms with E-state index in [9.17, 15) is 9.50 Å². The van der Waals surface area contributed by atoms with Gasteiger partial charge in [0.1, 0.15) is 12.3 Å². The minimum atomic E-state index is -1.23. The first-order chi connectivity index (χ1) is 5.75. The minimum Gasteiger partial charge on any atom is -0.384 e. The van der Waals surface area contributed by atoms with Crippen molar-refractivity contribution in [3.05, 3.63) is 22.4 Å². The van der Waals surface area contributed by atoms with Gasteiger partial charge in [-0.1, -0.05) is 6.07 Å².